The van der Waals surface area contributed by atoms with E-state index in [1.807, 2.05) is 26.0 Å². The third kappa shape index (κ3) is 4.28. The number of carbonyl (C=O) groups is 2. The maximum absolute atomic E-state index is 14.1. The van der Waals surface area contributed by atoms with E-state index < -0.39 is 27.9 Å². The molecule has 4 rings (SSSR count). The van der Waals surface area contributed by atoms with Crippen LogP contribution in [0.15, 0.2) is 65.6 Å². The highest BCUT2D eigenvalue weighted by Crippen LogP contribution is 2.38. The summed E-state index contributed by atoms with van der Waals surface area (Å²) < 4.78 is 29.2. The Kier molecular flexibility index (Phi) is 6.18. The summed E-state index contributed by atoms with van der Waals surface area (Å²) >= 11 is 0. The van der Waals surface area contributed by atoms with Gasteiger partial charge >= 0.3 is 0 Å². The van der Waals surface area contributed by atoms with Gasteiger partial charge in [-0.1, -0.05) is 48.0 Å². The van der Waals surface area contributed by atoms with Crippen molar-refractivity contribution < 1.29 is 18.0 Å². The summed E-state index contributed by atoms with van der Waals surface area (Å²) in [6.07, 6.45) is -0.336. The molecule has 1 unspecified atom stereocenters. The highest BCUT2D eigenvalue weighted by atomic mass is 32.2. The normalized spacial score (nSPS) is 15.5. The van der Waals surface area contributed by atoms with Gasteiger partial charge in [-0.15, -0.1) is 0 Å². The summed E-state index contributed by atoms with van der Waals surface area (Å²) in [6.45, 7) is 7.24. The van der Waals surface area contributed by atoms with Crippen molar-refractivity contribution in [2.45, 2.75) is 45.1 Å². The van der Waals surface area contributed by atoms with Crippen LogP contribution < -0.4 is 14.9 Å². The van der Waals surface area contributed by atoms with Gasteiger partial charge in [0.2, 0.25) is 11.8 Å². The number of hydrogen-bond acceptors (Lipinski definition) is 4. The molecule has 2 amide bonds. The maximum Gasteiger partial charge on any atom is 0.265 e. The molecule has 0 saturated heterocycles. The van der Waals surface area contributed by atoms with Crippen LogP contribution in [-0.2, 0) is 19.6 Å². The Morgan fingerprint density at radius 1 is 0.941 bits per heavy atom. The topological polar surface area (TPSA) is 95.6 Å². The van der Waals surface area contributed by atoms with E-state index in [4.69, 9.17) is 0 Å². The van der Waals surface area contributed by atoms with E-state index in [2.05, 4.69) is 10.6 Å². The fourth-order valence-electron chi connectivity index (χ4n) is 4.50. The molecule has 1 atom stereocenters. The minimum atomic E-state index is -4.17. The number of hydrogen-bond donors (Lipinski definition) is 2. The Bertz CT molecular complexity index is 1380. The molecular formula is C26H27N3O4S. The lowest BCUT2D eigenvalue weighted by Crippen LogP contribution is -2.52. The Hall–Kier alpha value is -3.65. The first kappa shape index (κ1) is 23.5. The number of carbonyl (C=O) groups excluding carboxylic acids is 2. The van der Waals surface area contributed by atoms with Gasteiger partial charge in [0.1, 0.15) is 6.04 Å². The third-order valence-corrected chi connectivity index (χ3v) is 8.03. The van der Waals surface area contributed by atoms with E-state index in [-0.39, 0.29) is 11.3 Å². The molecule has 1 aliphatic rings. The standard InChI is InChI=1S/C26H27N3O4S/c1-16-13-18(3)25(19(4)14-16)34(32,33)29-22-12-8-7-11-21(22)28-26(31)23(29)15-24(30)27-20-10-6-5-9-17(20)2/h5-14,23H,15H2,1-4H3,(H,27,30)(H,28,31). The molecule has 0 fully saturated rings. The van der Waals surface area contributed by atoms with Gasteiger partial charge in [0.15, 0.2) is 0 Å². The molecule has 1 aliphatic heterocycles. The SMILES string of the molecule is Cc1cc(C)c(S(=O)(=O)N2c3ccccc3NC(=O)C2CC(=O)Nc2ccccc2C)c(C)c1. The number of amides is 2. The molecule has 1 heterocycles. The molecule has 34 heavy (non-hydrogen) atoms. The molecule has 3 aromatic rings. The Morgan fingerprint density at radius 2 is 1.56 bits per heavy atom. The van der Waals surface area contributed by atoms with Gasteiger partial charge in [-0.25, -0.2) is 8.42 Å². The van der Waals surface area contributed by atoms with Crippen molar-refractivity contribution in [1.82, 2.24) is 0 Å². The molecule has 3 aromatic carbocycles. The van der Waals surface area contributed by atoms with E-state index in [0.29, 0.717) is 28.2 Å². The third-order valence-electron chi connectivity index (χ3n) is 5.90. The smallest absolute Gasteiger partial charge is 0.265 e. The van der Waals surface area contributed by atoms with Gasteiger partial charge in [0.05, 0.1) is 22.7 Å². The van der Waals surface area contributed by atoms with Crippen molar-refractivity contribution in [2.75, 3.05) is 14.9 Å². The molecule has 0 bridgehead atoms. The number of para-hydroxylation sites is 3. The first-order chi connectivity index (χ1) is 16.1. The molecule has 2 N–H and O–H groups in total. The van der Waals surface area contributed by atoms with Crippen LogP contribution in [0.1, 0.15) is 28.7 Å². The largest absolute Gasteiger partial charge is 0.326 e. The molecular weight excluding hydrogens is 450 g/mol. The maximum atomic E-state index is 14.1. The van der Waals surface area contributed by atoms with Crippen molar-refractivity contribution in [3.8, 4) is 0 Å². The van der Waals surface area contributed by atoms with Gasteiger partial charge in [-0.3, -0.25) is 13.9 Å². The van der Waals surface area contributed by atoms with E-state index in [9.17, 15) is 18.0 Å². The Balaban J connectivity index is 1.79. The molecule has 0 aromatic heterocycles. The van der Waals surface area contributed by atoms with Crippen LogP contribution in [0.5, 0.6) is 0 Å². The number of nitrogens with zero attached hydrogens (tertiary/aromatic N) is 1. The van der Waals surface area contributed by atoms with Gasteiger partial charge in [0, 0.05) is 5.69 Å². The number of anilines is 3. The number of sulfonamides is 1. The summed E-state index contributed by atoms with van der Waals surface area (Å²) in [4.78, 5) is 26.2. The minimum Gasteiger partial charge on any atom is -0.326 e. The molecule has 0 saturated carbocycles. The van der Waals surface area contributed by atoms with E-state index in [0.717, 1.165) is 15.4 Å². The molecule has 176 valence electrons. The molecule has 0 spiro atoms. The fourth-order valence-corrected chi connectivity index (χ4v) is 6.55. The number of benzene rings is 3. The zero-order valence-electron chi connectivity index (χ0n) is 19.5. The van der Waals surface area contributed by atoms with Crippen LogP contribution in [0.4, 0.5) is 17.1 Å². The monoisotopic (exact) mass is 477 g/mol. The average Bonchev–Trinajstić information content (AvgIpc) is 2.74. The van der Waals surface area contributed by atoms with E-state index >= 15 is 0 Å². The summed E-state index contributed by atoms with van der Waals surface area (Å²) in [5, 5.41) is 5.56. The van der Waals surface area contributed by atoms with Gasteiger partial charge < -0.3 is 10.6 Å². The predicted octanol–water partition coefficient (Wildman–Crippen LogP) is 4.47. The summed E-state index contributed by atoms with van der Waals surface area (Å²) in [7, 11) is -4.17. The fraction of sp³-hybridized carbons (Fsp3) is 0.231. The van der Waals surface area contributed by atoms with Gasteiger partial charge in [0.25, 0.3) is 10.0 Å². The van der Waals surface area contributed by atoms with Crippen molar-refractivity contribution in [3.05, 3.63) is 82.9 Å². The second-order valence-corrected chi connectivity index (χ2v) is 10.4. The lowest BCUT2D eigenvalue weighted by Gasteiger charge is -2.37. The molecule has 7 nitrogen and oxygen atoms in total. The highest BCUT2D eigenvalue weighted by molar-refractivity contribution is 7.93. The summed E-state index contributed by atoms with van der Waals surface area (Å²) in [5.74, 6) is -1.00. The van der Waals surface area contributed by atoms with Crippen LogP contribution in [0.2, 0.25) is 0 Å². The van der Waals surface area contributed by atoms with E-state index in [1.54, 1.807) is 62.4 Å². The first-order valence-electron chi connectivity index (χ1n) is 11.0. The van der Waals surface area contributed by atoms with Crippen LogP contribution in [0.3, 0.4) is 0 Å². The summed E-state index contributed by atoms with van der Waals surface area (Å²) in [6, 6.07) is 16.3. The number of aryl methyl sites for hydroxylation is 4. The van der Waals surface area contributed by atoms with Crippen LogP contribution in [0.25, 0.3) is 0 Å². The lowest BCUT2D eigenvalue weighted by molar-refractivity contribution is -0.122. The zero-order valence-corrected chi connectivity index (χ0v) is 20.4. The second-order valence-electron chi connectivity index (χ2n) is 8.62. The quantitative estimate of drug-likeness (QED) is 0.567. The van der Waals surface area contributed by atoms with Gasteiger partial charge in [-0.05, 0) is 62.6 Å². The molecule has 0 radical (unpaired) electrons. The van der Waals surface area contributed by atoms with Crippen molar-refractivity contribution >= 4 is 38.9 Å². The lowest BCUT2D eigenvalue weighted by atomic mass is 10.1. The second kappa shape index (κ2) is 8.95. The number of fused-ring (bicyclic) bond motifs is 1. The highest BCUT2D eigenvalue weighted by Gasteiger charge is 2.43. The summed E-state index contributed by atoms with van der Waals surface area (Å²) in [5.41, 5.74) is 4.31. The average molecular weight is 478 g/mol. The first-order valence-corrected chi connectivity index (χ1v) is 12.4. The van der Waals surface area contributed by atoms with Crippen LogP contribution in [0, 0.1) is 27.7 Å². The minimum absolute atomic E-state index is 0.145. The van der Waals surface area contributed by atoms with Crippen molar-refractivity contribution in [1.29, 1.82) is 0 Å². The van der Waals surface area contributed by atoms with E-state index in [1.165, 1.54) is 0 Å². The van der Waals surface area contributed by atoms with Crippen LogP contribution in [-0.4, -0.2) is 26.3 Å². The molecule has 0 aliphatic carbocycles. The number of rotatable bonds is 5. The van der Waals surface area contributed by atoms with Crippen LogP contribution >= 0.6 is 0 Å². The Labute approximate surface area is 199 Å². The Morgan fingerprint density at radius 3 is 2.24 bits per heavy atom. The van der Waals surface area contributed by atoms with Crippen molar-refractivity contribution in [2.24, 2.45) is 0 Å². The van der Waals surface area contributed by atoms with Crippen molar-refractivity contribution in [3.63, 3.8) is 0 Å². The number of nitrogens with one attached hydrogen (secondary N) is 2. The zero-order chi connectivity index (χ0) is 24.6. The van der Waals surface area contributed by atoms with Gasteiger partial charge in [-0.2, -0.15) is 0 Å². The predicted molar refractivity (Wildman–Crippen MR) is 134 cm³/mol. The molecule has 8 heteroatoms.